The van der Waals surface area contributed by atoms with E-state index in [9.17, 15) is 4.79 Å². The van der Waals surface area contributed by atoms with Crippen LogP contribution in [0.25, 0.3) is 0 Å². The van der Waals surface area contributed by atoms with Crippen LogP contribution in [0, 0.1) is 0 Å². The minimum absolute atomic E-state index is 0.185. The van der Waals surface area contributed by atoms with Crippen LogP contribution in [0.2, 0.25) is 0 Å². The van der Waals surface area contributed by atoms with Crippen LogP contribution in [-0.2, 0) is 9.53 Å². The van der Waals surface area contributed by atoms with Gasteiger partial charge in [-0.05, 0) is 31.9 Å². The number of thioether (sulfide) groups is 1. The zero-order valence-corrected chi connectivity index (χ0v) is 10.3. The molecule has 2 rings (SSSR count). The summed E-state index contributed by atoms with van der Waals surface area (Å²) < 4.78 is 4.94. The van der Waals surface area contributed by atoms with Gasteiger partial charge in [0.25, 0.3) is 0 Å². The van der Waals surface area contributed by atoms with Gasteiger partial charge in [-0.25, -0.2) is 0 Å². The van der Waals surface area contributed by atoms with Gasteiger partial charge in [-0.3, -0.25) is 4.79 Å². The van der Waals surface area contributed by atoms with Crippen molar-refractivity contribution in [3.05, 3.63) is 0 Å². The lowest BCUT2D eigenvalue weighted by Gasteiger charge is -2.38. The summed E-state index contributed by atoms with van der Waals surface area (Å²) >= 11 is 1.95. The van der Waals surface area contributed by atoms with Crippen molar-refractivity contribution in [3.8, 4) is 0 Å². The first kappa shape index (κ1) is 11.3. The van der Waals surface area contributed by atoms with Crippen LogP contribution in [0.5, 0.6) is 0 Å². The molecule has 1 amide bonds. The van der Waals surface area contributed by atoms with Gasteiger partial charge < -0.3 is 9.64 Å². The van der Waals surface area contributed by atoms with E-state index in [1.165, 1.54) is 25.7 Å². The summed E-state index contributed by atoms with van der Waals surface area (Å²) in [5, 5.41) is 0.758. The molecule has 4 heteroatoms. The summed E-state index contributed by atoms with van der Waals surface area (Å²) in [5.41, 5.74) is 0. The average molecular weight is 229 g/mol. The molecule has 2 aliphatic heterocycles. The van der Waals surface area contributed by atoms with E-state index in [1.807, 2.05) is 11.8 Å². The van der Waals surface area contributed by atoms with Crippen LogP contribution in [0.1, 0.15) is 25.7 Å². The third-order valence-electron chi connectivity index (χ3n) is 3.58. The van der Waals surface area contributed by atoms with Gasteiger partial charge in [-0.1, -0.05) is 0 Å². The van der Waals surface area contributed by atoms with Gasteiger partial charge in [0, 0.05) is 24.4 Å². The van der Waals surface area contributed by atoms with E-state index in [2.05, 4.69) is 11.2 Å². The molecule has 2 saturated heterocycles. The smallest absolute Gasteiger partial charge is 0.249 e. The van der Waals surface area contributed by atoms with E-state index >= 15 is 0 Å². The van der Waals surface area contributed by atoms with Gasteiger partial charge >= 0.3 is 0 Å². The first-order valence-corrected chi connectivity index (χ1v) is 6.88. The van der Waals surface area contributed by atoms with Gasteiger partial charge in [0.2, 0.25) is 5.91 Å². The third-order valence-corrected chi connectivity index (χ3v) is 4.63. The Bertz CT molecular complexity index is 233. The molecule has 2 aliphatic rings. The number of carbonyl (C=O) groups is 1. The highest BCUT2D eigenvalue weighted by Gasteiger charge is 2.42. The molecular weight excluding hydrogens is 210 g/mol. The Morgan fingerprint density at radius 3 is 2.47 bits per heavy atom. The first-order chi connectivity index (χ1) is 7.26. The van der Waals surface area contributed by atoms with E-state index in [0.29, 0.717) is 12.1 Å². The molecule has 0 aromatic rings. The summed E-state index contributed by atoms with van der Waals surface area (Å²) in [6.07, 6.45) is 6.91. The molecule has 86 valence electrons. The molecule has 2 fully saturated rings. The summed E-state index contributed by atoms with van der Waals surface area (Å²) in [6, 6.07) is 0.979. The Morgan fingerprint density at radius 1 is 1.40 bits per heavy atom. The second-order valence-electron chi connectivity index (χ2n) is 4.45. The Balaban J connectivity index is 2.01. The van der Waals surface area contributed by atoms with Crippen molar-refractivity contribution in [2.24, 2.45) is 0 Å². The number of hydrogen-bond donors (Lipinski definition) is 0. The highest BCUT2D eigenvalue weighted by atomic mass is 32.2. The molecule has 0 radical (unpaired) electrons. The van der Waals surface area contributed by atoms with Crippen molar-refractivity contribution in [2.45, 2.75) is 43.0 Å². The molecule has 2 unspecified atom stereocenters. The molecule has 0 saturated carbocycles. The molecule has 2 atom stereocenters. The Kier molecular flexibility index (Phi) is 3.57. The van der Waals surface area contributed by atoms with E-state index in [4.69, 9.17) is 4.74 Å². The average Bonchev–Trinajstić information content (AvgIpc) is 2.50. The first-order valence-electron chi connectivity index (χ1n) is 5.59. The molecule has 15 heavy (non-hydrogen) atoms. The fraction of sp³-hybridized carbons (Fsp3) is 0.909. The van der Waals surface area contributed by atoms with Crippen LogP contribution < -0.4 is 0 Å². The van der Waals surface area contributed by atoms with Crippen LogP contribution >= 0.6 is 11.8 Å². The van der Waals surface area contributed by atoms with E-state index in [0.717, 1.165) is 5.25 Å². The Labute approximate surface area is 95.5 Å². The molecule has 0 N–H and O–H groups in total. The highest BCUT2D eigenvalue weighted by molar-refractivity contribution is 7.99. The monoisotopic (exact) mass is 229 g/mol. The summed E-state index contributed by atoms with van der Waals surface area (Å²) in [5.74, 6) is 0.185. The lowest BCUT2D eigenvalue weighted by Crippen LogP contribution is -2.48. The largest absolute Gasteiger partial charge is 0.375 e. The lowest BCUT2D eigenvalue weighted by atomic mass is 10.0. The van der Waals surface area contributed by atoms with E-state index in [1.54, 1.807) is 7.11 Å². The van der Waals surface area contributed by atoms with Crippen molar-refractivity contribution in [1.82, 2.24) is 4.90 Å². The summed E-state index contributed by atoms with van der Waals surface area (Å²) in [4.78, 5) is 13.9. The van der Waals surface area contributed by atoms with Crippen molar-refractivity contribution in [1.29, 1.82) is 0 Å². The maximum absolute atomic E-state index is 11.8. The maximum atomic E-state index is 11.8. The predicted octanol–water partition coefficient (Wildman–Crippen LogP) is 1.52. The summed E-state index contributed by atoms with van der Waals surface area (Å²) in [6.45, 7) is 0.247. The van der Waals surface area contributed by atoms with Crippen molar-refractivity contribution < 1.29 is 9.53 Å². The normalized spacial score (nSPS) is 34.5. The van der Waals surface area contributed by atoms with Gasteiger partial charge in [0.15, 0.2) is 0 Å². The number of nitrogens with zero attached hydrogens (tertiary/aromatic N) is 1. The molecule has 3 nitrogen and oxygen atoms in total. The molecule has 0 aromatic carbocycles. The maximum Gasteiger partial charge on any atom is 0.249 e. The zero-order valence-electron chi connectivity index (χ0n) is 9.44. The van der Waals surface area contributed by atoms with Gasteiger partial charge in [0.1, 0.15) is 6.61 Å². The third kappa shape index (κ3) is 2.16. The standard InChI is InChI=1S/C11H19NO2S/c1-14-7-11(13)12-8-3-4-9(12)6-10(5-8)15-2/h8-10H,3-7H2,1-2H3. The molecular formula is C11H19NO2S. The van der Waals surface area contributed by atoms with Crippen molar-refractivity contribution >= 4 is 17.7 Å². The second-order valence-corrected chi connectivity index (χ2v) is 5.59. The number of fused-ring (bicyclic) bond motifs is 2. The predicted molar refractivity (Wildman–Crippen MR) is 62.1 cm³/mol. The van der Waals surface area contributed by atoms with Crippen LogP contribution in [0.3, 0.4) is 0 Å². The molecule has 2 heterocycles. The SMILES string of the molecule is COCC(=O)N1C2CCC1CC(SC)C2. The Morgan fingerprint density at radius 2 is 2.00 bits per heavy atom. The van der Waals surface area contributed by atoms with E-state index in [-0.39, 0.29) is 12.5 Å². The fourth-order valence-corrected chi connectivity index (χ4v) is 3.75. The van der Waals surface area contributed by atoms with Crippen LogP contribution in [0.4, 0.5) is 0 Å². The van der Waals surface area contributed by atoms with E-state index < -0.39 is 0 Å². The topological polar surface area (TPSA) is 29.5 Å². The Hall–Kier alpha value is -0.220. The number of carbonyl (C=O) groups excluding carboxylic acids is 1. The summed E-state index contributed by atoms with van der Waals surface area (Å²) in [7, 11) is 1.59. The quantitative estimate of drug-likeness (QED) is 0.735. The number of ether oxygens (including phenoxy) is 1. The van der Waals surface area contributed by atoms with Crippen LogP contribution in [-0.4, -0.2) is 48.1 Å². The van der Waals surface area contributed by atoms with Gasteiger partial charge in [-0.2, -0.15) is 11.8 Å². The minimum atomic E-state index is 0.185. The zero-order chi connectivity index (χ0) is 10.8. The van der Waals surface area contributed by atoms with Gasteiger partial charge in [0.05, 0.1) is 0 Å². The molecule has 0 spiro atoms. The lowest BCUT2D eigenvalue weighted by molar-refractivity contribution is -0.139. The number of piperidine rings is 1. The molecule has 0 aromatic heterocycles. The number of amides is 1. The van der Waals surface area contributed by atoms with Crippen molar-refractivity contribution in [3.63, 3.8) is 0 Å². The fourth-order valence-electron chi connectivity index (χ4n) is 2.92. The minimum Gasteiger partial charge on any atom is -0.375 e. The van der Waals surface area contributed by atoms with Crippen molar-refractivity contribution in [2.75, 3.05) is 20.0 Å². The number of rotatable bonds is 3. The molecule has 0 aliphatic carbocycles. The second kappa shape index (κ2) is 4.74. The highest BCUT2D eigenvalue weighted by Crippen LogP contribution is 2.39. The van der Waals surface area contributed by atoms with Crippen LogP contribution in [0.15, 0.2) is 0 Å². The molecule has 2 bridgehead atoms. The number of methoxy groups -OCH3 is 1. The van der Waals surface area contributed by atoms with Gasteiger partial charge in [-0.15, -0.1) is 0 Å². The number of hydrogen-bond acceptors (Lipinski definition) is 3.